The maximum atomic E-state index is 12.5. The molecule has 0 aliphatic heterocycles. The Labute approximate surface area is 130 Å². The smallest absolute Gasteiger partial charge is 0.326 e. The van der Waals surface area contributed by atoms with E-state index < -0.39 is 12.0 Å². The van der Waals surface area contributed by atoms with Crippen molar-refractivity contribution in [1.29, 1.82) is 0 Å². The lowest BCUT2D eigenvalue weighted by Gasteiger charge is -2.12. The average Bonchev–Trinajstić information content (AvgIpc) is 2.96. The van der Waals surface area contributed by atoms with Crippen LogP contribution in [0.25, 0.3) is 20.7 Å². The number of fused-ring (bicyclic) bond motifs is 1. The van der Waals surface area contributed by atoms with Crippen LogP contribution in [0.15, 0.2) is 47.5 Å². The van der Waals surface area contributed by atoms with Gasteiger partial charge in [-0.15, -0.1) is 11.3 Å². The van der Waals surface area contributed by atoms with Gasteiger partial charge in [0.1, 0.15) is 10.9 Å². The zero-order valence-corrected chi connectivity index (χ0v) is 12.7. The van der Waals surface area contributed by atoms with Crippen molar-refractivity contribution in [1.82, 2.24) is 9.55 Å². The molecule has 0 spiro atoms. The molecule has 0 unspecified atom stereocenters. The van der Waals surface area contributed by atoms with Crippen LogP contribution in [0.3, 0.4) is 0 Å². The van der Waals surface area contributed by atoms with Crippen LogP contribution in [0.2, 0.25) is 0 Å². The standard InChI is InChI=1S/C16H14N2O3S/c1-2-12(16(20)21)18-9-17-14-11(15(18)19)8-13(22-14)10-6-4-3-5-7-10/h3-9,12H,2H2,1H3,(H,20,21)/t12-/m1/s1. The maximum absolute atomic E-state index is 12.5. The van der Waals surface area contributed by atoms with Gasteiger partial charge in [-0.1, -0.05) is 37.3 Å². The number of thiophene rings is 1. The number of aromatic nitrogens is 2. The molecular formula is C16H14N2O3S. The first kappa shape index (κ1) is 14.5. The van der Waals surface area contributed by atoms with E-state index in [1.165, 1.54) is 22.2 Å². The van der Waals surface area contributed by atoms with Crippen molar-refractivity contribution in [3.8, 4) is 10.4 Å². The van der Waals surface area contributed by atoms with Crippen molar-refractivity contribution in [2.45, 2.75) is 19.4 Å². The number of rotatable bonds is 4. The number of carboxylic acids is 1. The van der Waals surface area contributed by atoms with E-state index in [2.05, 4.69) is 4.98 Å². The highest BCUT2D eigenvalue weighted by atomic mass is 32.1. The first-order valence-corrected chi connectivity index (χ1v) is 7.72. The maximum Gasteiger partial charge on any atom is 0.326 e. The molecule has 3 aromatic rings. The van der Waals surface area contributed by atoms with E-state index in [1.807, 2.05) is 30.3 Å². The van der Waals surface area contributed by atoms with Gasteiger partial charge in [-0.2, -0.15) is 0 Å². The normalized spacial score (nSPS) is 12.4. The van der Waals surface area contributed by atoms with Gasteiger partial charge in [-0.25, -0.2) is 9.78 Å². The van der Waals surface area contributed by atoms with Crippen molar-refractivity contribution < 1.29 is 9.90 Å². The number of nitrogens with zero attached hydrogens (tertiary/aromatic N) is 2. The van der Waals surface area contributed by atoms with Crippen LogP contribution < -0.4 is 5.56 Å². The third kappa shape index (κ3) is 2.42. The molecule has 2 aromatic heterocycles. The second-order valence-electron chi connectivity index (χ2n) is 4.91. The molecule has 6 heteroatoms. The molecule has 1 N–H and O–H groups in total. The highest BCUT2D eigenvalue weighted by molar-refractivity contribution is 7.21. The Morgan fingerprint density at radius 3 is 2.73 bits per heavy atom. The molecule has 0 fully saturated rings. The average molecular weight is 314 g/mol. The monoisotopic (exact) mass is 314 g/mol. The third-order valence-corrected chi connectivity index (χ3v) is 4.63. The second kappa shape index (κ2) is 5.73. The van der Waals surface area contributed by atoms with Crippen molar-refractivity contribution in [2.24, 2.45) is 0 Å². The predicted molar refractivity (Wildman–Crippen MR) is 86.3 cm³/mol. The zero-order chi connectivity index (χ0) is 15.7. The van der Waals surface area contributed by atoms with Crippen molar-refractivity contribution in [2.75, 3.05) is 0 Å². The summed E-state index contributed by atoms with van der Waals surface area (Å²) in [6.07, 6.45) is 1.66. The minimum absolute atomic E-state index is 0.308. The van der Waals surface area contributed by atoms with Gasteiger partial charge in [0, 0.05) is 4.88 Å². The van der Waals surface area contributed by atoms with Gasteiger partial charge in [0.25, 0.3) is 5.56 Å². The van der Waals surface area contributed by atoms with Gasteiger partial charge in [0.2, 0.25) is 0 Å². The predicted octanol–water partition coefficient (Wildman–Crippen LogP) is 3.16. The Morgan fingerprint density at radius 2 is 2.09 bits per heavy atom. The molecule has 0 saturated carbocycles. The molecule has 0 amide bonds. The lowest BCUT2D eigenvalue weighted by molar-refractivity contribution is -0.141. The van der Waals surface area contributed by atoms with E-state index in [1.54, 1.807) is 13.0 Å². The minimum Gasteiger partial charge on any atom is -0.480 e. The van der Waals surface area contributed by atoms with E-state index in [9.17, 15) is 14.7 Å². The van der Waals surface area contributed by atoms with Crippen LogP contribution in [-0.4, -0.2) is 20.6 Å². The number of aliphatic carboxylic acids is 1. The van der Waals surface area contributed by atoms with Crippen LogP contribution in [-0.2, 0) is 4.79 Å². The fraction of sp³-hybridized carbons (Fsp3) is 0.188. The quantitative estimate of drug-likeness (QED) is 0.803. The second-order valence-corrected chi connectivity index (χ2v) is 5.95. The van der Waals surface area contributed by atoms with E-state index in [-0.39, 0.29) is 5.56 Å². The largest absolute Gasteiger partial charge is 0.480 e. The molecule has 0 radical (unpaired) electrons. The third-order valence-electron chi connectivity index (χ3n) is 3.54. The summed E-state index contributed by atoms with van der Waals surface area (Å²) in [4.78, 5) is 29.6. The van der Waals surface area contributed by atoms with Crippen molar-refractivity contribution in [3.63, 3.8) is 0 Å². The van der Waals surface area contributed by atoms with Gasteiger partial charge in [0.15, 0.2) is 0 Å². The van der Waals surface area contributed by atoms with Gasteiger partial charge >= 0.3 is 5.97 Å². The summed E-state index contributed by atoms with van der Waals surface area (Å²) >= 11 is 1.43. The van der Waals surface area contributed by atoms with Crippen LogP contribution >= 0.6 is 11.3 Å². The molecule has 1 atom stereocenters. The molecule has 2 heterocycles. The van der Waals surface area contributed by atoms with E-state index in [4.69, 9.17) is 0 Å². The number of hydrogen-bond acceptors (Lipinski definition) is 4. The van der Waals surface area contributed by atoms with Crippen LogP contribution in [0.1, 0.15) is 19.4 Å². The highest BCUT2D eigenvalue weighted by Gasteiger charge is 2.20. The number of carboxylic acid groups (broad SMARTS) is 1. The first-order chi connectivity index (χ1) is 10.6. The summed E-state index contributed by atoms with van der Waals surface area (Å²) in [5.41, 5.74) is 0.708. The fourth-order valence-electron chi connectivity index (χ4n) is 2.39. The molecule has 1 aromatic carbocycles. The molecule has 0 aliphatic rings. The topological polar surface area (TPSA) is 72.2 Å². The highest BCUT2D eigenvalue weighted by Crippen LogP contribution is 2.30. The van der Waals surface area contributed by atoms with Gasteiger partial charge < -0.3 is 5.11 Å². The lowest BCUT2D eigenvalue weighted by atomic mass is 10.2. The summed E-state index contributed by atoms with van der Waals surface area (Å²) in [6, 6.07) is 10.6. The molecule has 22 heavy (non-hydrogen) atoms. The Balaban J connectivity index is 2.16. The van der Waals surface area contributed by atoms with Crippen LogP contribution in [0, 0.1) is 0 Å². The van der Waals surface area contributed by atoms with Gasteiger partial charge in [-0.3, -0.25) is 9.36 Å². The van der Waals surface area contributed by atoms with Crippen molar-refractivity contribution in [3.05, 3.63) is 53.1 Å². The van der Waals surface area contributed by atoms with Crippen molar-refractivity contribution >= 4 is 27.5 Å². The summed E-state index contributed by atoms with van der Waals surface area (Å²) in [7, 11) is 0. The fourth-order valence-corrected chi connectivity index (χ4v) is 3.39. The molecule has 0 bridgehead atoms. The van der Waals surface area contributed by atoms with Gasteiger partial charge in [0.05, 0.1) is 11.7 Å². The summed E-state index contributed by atoms with van der Waals surface area (Å²) in [5, 5.41) is 9.69. The molecule has 3 rings (SSSR count). The molecule has 5 nitrogen and oxygen atoms in total. The van der Waals surface area contributed by atoms with Crippen LogP contribution in [0.4, 0.5) is 0 Å². The Bertz CT molecular complexity index is 883. The van der Waals surface area contributed by atoms with E-state index in [0.717, 1.165) is 10.4 Å². The Hall–Kier alpha value is -2.47. The summed E-state index contributed by atoms with van der Waals surface area (Å²) < 4.78 is 1.20. The number of carbonyl (C=O) groups is 1. The van der Waals surface area contributed by atoms with E-state index in [0.29, 0.717) is 16.6 Å². The minimum atomic E-state index is -1.02. The Morgan fingerprint density at radius 1 is 1.36 bits per heavy atom. The number of benzene rings is 1. The Kier molecular flexibility index (Phi) is 3.77. The van der Waals surface area contributed by atoms with Gasteiger partial charge in [-0.05, 0) is 18.1 Å². The lowest BCUT2D eigenvalue weighted by Crippen LogP contribution is -2.29. The number of hydrogen-bond donors (Lipinski definition) is 1. The summed E-state index contributed by atoms with van der Waals surface area (Å²) in [5.74, 6) is -1.02. The zero-order valence-electron chi connectivity index (χ0n) is 11.9. The van der Waals surface area contributed by atoms with Crippen LogP contribution in [0.5, 0.6) is 0 Å². The van der Waals surface area contributed by atoms with E-state index >= 15 is 0 Å². The SMILES string of the molecule is CC[C@H](C(=O)O)n1cnc2sc(-c3ccccc3)cc2c1=O. The molecule has 0 aliphatic carbocycles. The molecular weight excluding hydrogens is 300 g/mol. The summed E-state index contributed by atoms with van der Waals surface area (Å²) in [6.45, 7) is 1.73. The first-order valence-electron chi connectivity index (χ1n) is 6.90. The molecule has 0 saturated heterocycles. The molecule has 112 valence electrons.